The van der Waals surface area contributed by atoms with Crippen molar-refractivity contribution >= 4 is 52.2 Å². The van der Waals surface area contributed by atoms with Crippen LogP contribution >= 0.6 is 34.8 Å². The lowest BCUT2D eigenvalue weighted by molar-refractivity contribution is 0.0564. The summed E-state index contributed by atoms with van der Waals surface area (Å²) in [5, 5.41) is 4.50. The molecule has 2 heterocycles. The van der Waals surface area contributed by atoms with Crippen molar-refractivity contribution in [2.45, 2.75) is 45.9 Å². The molecule has 0 bridgehead atoms. The molecule has 3 aromatic carbocycles. The lowest BCUT2D eigenvalue weighted by atomic mass is 9.93. The molecule has 2 amide bonds. The van der Waals surface area contributed by atoms with Crippen molar-refractivity contribution < 1.29 is 4.79 Å². The van der Waals surface area contributed by atoms with Crippen molar-refractivity contribution in [1.29, 1.82) is 0 Å². The van der Waals surface area contributed by atoms with E-state index in [1.807, 2.05) is 24.3 Å². The maximum Gasteiger partial charge on any atom is 0.326 e. The van der Waals surface area contributed by atoms with Crippen LogP contribution in [0.25, 0.3) is 11.1 Å². The molecule has 1 fully saturated rings. The van der Waals surface area contributed by atoms with E-state index in [0.29, 0.717) is 39.4 Å². The Bertz CT molecular complexity index is 1310. The van der Waals surface area contributed by atoms with Crippen molar-refractivity contribution in [2.24, 2.45) is 0 Å². The van der Waals surface area contributed by atoms with E-state index in [4.69, 9.17) is 34.8 Å². The highest BCUT2D eigenvalue weighted by atomic mass is 35.5. The zero-order valence-corrected chi connectivity index (χ0v) is 23.5. The molecule has 5 nitrogen and oxygen atoms in total. The van der Waals surface area contributed by atoms with Gasteiger partial charge in [-0.2, -0.15) is 0 Å². The first-order valence-electron chi connectivity index (χ1n) is 12.7. The average molecular weight is 558 g/mol. The molecule has 194 valence electrons. The smallest absolute Gasteiger partial charge is 0.326 e. The van der Waals surface area contributed by atoms with Crippen LogP contribution in [0.2, 0.25) is 15.1 Å². The minimum Gasteiger partial charge on any atom is -0.333 e. The second-order valence-corrected chi connectivity index (χ2v) is 11.3. The maximum absolute atomic E-state index is 13.3. The fraction of sp³-hybridized carbons (Fsp3) is 0.345. The van der Waals surface area contributed by atoms with Crippen LogP contribution in [0.15, 0.2) is 54.6 Å². The van der Waals surface area contributed by atoms with Gasteiger partial charge in [0, 0.05) is 61.0 Å². The zero-order chi connectivity index (χ0) is 26.3. The van der Waals surface area contributed by atoms with Gasteiger partial charge in [0.15, 0.2) is 0 Å². The minimum atomic E-state index is -0.260. The van der Waals surface area contributed by atoms with Crippen LogP contribution in [0, 0.1) is 0 Å². The Morgan fingerprint density at radius 2 is 1.65 bits per heavy atom. The van der Waals surface area contributed by atoms with E-state index in [1.54, 1.807) is 23.1 Å². The van der Waals surface area contributed by atoms with Crippen LogP contribution in [0.4, 0.5) is 16.2 Å². The first-order chi connectivity index (χ1) is 17.7. The highest BCUT2D eigenvalue weighted by Crippen LogP contribution is 2.44. The Hall–Kier alpha value is -2.28. The van der Waals surface area contributed by atoms with Gasteiger partial charge in [-0.05, 0) is 62.2 Å². The molecule has 1 saturated heterocycles. The summed E-state index contributed by atoms with van der Waals surface area (Å²) in [4.78, 5) is 19.9. The quantitative estimate of drug-likeness (QED) is 0.351. The lowest BCUT2D eigenvalue weighted by Crippen LogP contribution is -2.53. The number of nitrogens with zero attached hydrogens (tertiary/aromatic N) is 3. The summed E-state index contributed by atoms with van der Waals surface area (Å²) in [5.41, 5.74) is 5.28. The number of carbonyl (C=O) groups is 1. The Kier molecular flexibility index (Phi) is 7.71. The Balaban J connectivity index is 1.62. The number of anilines is 2. The van der Waals surface area contributed by atoms with E-state index >= 15 is 0 Å². The first-order valence-corrected chi connectivity index (χ1v) is 13.8. The molecule has 0 aliphatic carbocycles. The molecule has 0 radical (unpaired) electrons. The fourth-order valence-electron chi connectivity index (χ4n) is 5.60. The minimum absolute atomic E-state index is 0.260. The molecule has 2 aliphatic rings. The number of hydrogen-bond acceptors (Lipinski definition) is 3. The van der Waals surface area contributed by atoms with Crippen LogP contribution in [-0.2, 0) is 13.1 Å². The second-order valence-electron chi connectivity index (χ2n) is 10.1. The van der Waals surface area contributed by atoms with Gasteiger partial charge in [0.1, 0.15) is 0 Å². The van der Waals surface area contributed by atoms with Crippen LogP contribution in [0.1, 0.15) is 31.9 Å². The summed E-state index contributed by atoms with van der Waals surface area (Å²) in [7, 11) is 0. The molecule has 1 N–H and O–H groups in total. The van der Waals surface area contributed by atoms with Crippen LogP contribution in [0.5, 0.6) is 0 Å². The lowest BCUT2D eigenvalue weighted by Gasteiger charge is -2.42. The van der Waals surface area contributed by atoms with E-state index < -0.39 is 0 Å². The van der Waals surface area contributed by atoms with E-state index in [-0.39, 0.29) is 6.03 Å². The number of urea groups is 1. The molecule has 0 saturated carbocycles. The van der Waals surface area contributed by atoms with Gasteiger partial charge in [-0.1, -0.05) is 59.1 Å². The number of carbonyl (C=O) groups excluding carboxylic acids is 1. The third-order valence-electron chi connectivity index (χ3n) is 7.30. The van der Waals surface area contributed by atoms with Crippen molar-refractivity contribution in [2.75, 3.05) is 24.5 Å². The number of rotatable bonds is 5. The molecule has 8 heteroatoms. The summed E-state index contributed by atoms with van der Waals surface area (Å²) in [6.45, 7) is 11.0. The number of benzene rings is 3. The average Bonchev–Trinajstić information content (AvgIpc) is 2.85. The molecule has 1 unspecified atom stereocenters. The Morgan fingerprint density at radius 3 is 2.32 bits per heavy atom. The number of nitrogens with one attached hydrogen (secondary N) is 1. The van der Waals surface area contributed by atoms with Gasteiger partial charge in [-0.3, -0.25) is 14.7 Å². The van der Waals surface area contributed by atoms with Crippen molar-refractivity contribution in [3.8, 4) is 11.1 Å². The third kappa shape index (κ3) is 5.21. The van der Waals surface area contributed by atoms with Gasteiger partial charge < -0.3 is 5.32 Å². The van der Waals surface area contributed by atoms with Gasteiger partial charge in [-0.15, -0.1) is 0 Å². The summed E-state index contributed by atoms with van der Waals surface area (Å²) >= 11 is 19.9. The van der Waals surface area contributed by atoms with Gasteiger partial charge in [0.05, 0.1) is 21.4 Å². The van der Waals surface area contributed by atoms with Gasteiger partial charge >= 0.3 is 6.03 Å². The summed E-state index contributed by atoms with van der Waals surface area (Å²) < 4.78 is 0. The van der Waals surface area contributed by atoms with Crippen LogP contribution in [-0.4, -0.2) is 47.5 Å². The maximum atomic E-state index is 13.3. The number of halogens is 3. The largest absolute Gasteiger partial charge is 0.333 e. The first kappa shape index (κ1) is 26.3. The summed E-state index contributed by atoms with van der Waals surface area (Å²) in [6, 6.07) is 18.2. The van der Waals surface area contributed by atoms with E-state index in [9.17, 15) is 4.79 Å². The number of hydrogen-bond donors (Lipinski definition) is 1. The number of fused-ring (bicyclic) bond motifs is 1. The standard InChI is InChI=1S/C29H31Cl3N4O/c1-18(2)35-12-11-34(16-19(35)3)17-20-13-22(21-7-4-5-8-24(21)30)23-15-33-29(37)36(27(23)14-20)28-25(31)9-6-10-26(28)32/h4-10,13-14,18-19H,11-12,15-17H2,1-3H3,(H,33,37). The number of amides is 2. The van der Waals surface area contributed by atoms with Gasteiger partial charge in [0.25, 0.3) is 0 Å². The molecular formula is C29H31Cl3N4O. The second kappa shape index (κ2) is 10.8. The van der Waals surface area contributed by atoms with Crippen LogP contribution < -0.4 is 10.2 Å². The van der Waals surface area contributed by atoms with Crippen molar-refractivity contribution in [3.05, 3.63) is 80.8 Å². The molecule has 0 aromatic heterocycles. The van der Waals surface area contributed by atoms with E-state index in [2.05, 4.69) is 48.0 Å². The number of piperazine rings is 1. The Morgan fingerprint density at radius 1 is 0.946 bits per heavy atom. The molecule has 3 aromatic rings. The molecule has 5 rings (SSSR count). The Labute approximate surface area is 233 Å². The predicted octanol–water partition coefficient (Wildman–Crippen LogP) is 7.59. The normalized spacial score (nSPS) is 18.7. The topological polar surface area (TPSA) is 38.8 Å². The molecule has 1 atom stereocenters. The van der Waals surface area contributed by atoms with Gasteiger partial charge in [-0.25, -0.2) is 4.79 Å². The van der Waals surface area contributed by atoms with Crippen LogP contribution in [0.3, 0.4) is 0 Å². The van der Waals surface area contributed by atoms with Gasteiger partial charge in [0.2, 0.25) is 0 Å². The molecular weight excluding hydrogens is 527 g/mol. The summed E-state index contributed by atoms with van der Waals surface area (Å²) in [6.07, 6.45) is 0. The zero-order valence-electron chi connectivity index (χ0n) is 21.3. The summed E-state index contributed by atoms with van der Waals surface area (Å²) in [5.74, 6) is 0. The number of para-hydroxylation sites is 1. The fourth-order valence-corrected chi connectivity index (χ4v) is 6.41. The highest BCUT2D eigenvalue weighted by molar-refractivity contribution is 6.40. The predicted molar refractivity (Wildman–Crippen MR) is 154 cm³/mol. The highest BCUT2D eigenvalue weighted by Gasteiger charge is 2.32. The SMILES string of the molecule is CC(C)N1CCN(Cc2cc(-c3ccccc3Cl)c3c(c2)N(c2c(Cl)cccc2Cl)C(=O)NC3)CC1C. The molecule has 2 aliphatic heterocycles. The molecule has 37 heavy (non-hydrogen) atoms. The van der Waals surface area contributed by atoms with Crippen molar-refractivity contribution in [3.63, 3.8) is 0 Å². The van der Waals surface area contributed by atoms with E-state index in [0.717, 1.165) is 54.1 Å². The third-order valence-corrected chi connectivity index (χ3v) is 8.24. The van der Waals surface area contributed by atoms with Crippen molar-refractivity contribution in [1.82, 2.24) is 15.1 Å². The monoisotopic (exact) mass is 556 g/mol. The molecule has 0 spiro atoms. The van der Waals surface area contributed by atoms with E-state index in [1.165, 1.54) is 0 Å².